The SMILES string of the molecule is C=CCC(CCN)S(=O)(=O)O. The fraction of sp³-hybridized carbons (Fsp3) is 0.667. The van der Waals surface area contributed by atoms with Crippen molar-refractivity contribution in [3.8, 4) is 0 Å². The van der Waals surface area contributed by atoms with Crippen LogP contribution in [0.15, 0.2) is 12.7 Å². The lowest BCUT2D eigenvalue weighted by Gasteiger charge is -2.08. The minimum atomic E-state index is -3.94. The normalized spacial score (nSPS) is 14.4. The Kier molecular flexibility index (Phi) is 4.32. The van der Waals surface area contributed by atoms with Crippen LogP contribution < -0.4 is 5.73 Å². The topological polar surface area (TPSA) is 80.4 Å². The standard InChI is InChI=1S/C6H13NO3S/c1-2-3-6(4-5-7)11(8,9)10/h2,6H,1,3-5,7H2,(H,8,9,10). The van der Waals surface area contributed by atoms with E-state index in [2.05, 4.69) is 6.58 Å². The van der Waals surface area contributed by atoms with Gasteiger partial charge in [-0.25, -0.2) is 0 Å². The van der Waals surface area contributed by atoms with Crippen molar-refractivity contribution >= 4 is 10.1 Å². The molecule has 0 spiro atoms. The zero-order chi connectivity index (χ0) is 8.91. The summed E-state index contributed by atoms with van der Waals surface area (Å²) in [4.78, 5) is 0. The molecular weight excluding hydrogens is 166 g/mol. The minimum absolute atomic E-state index is 0.246. The average Bonchev–Trinajstić information content (AvgIpc) is 1.85. The molecule has 0 bridgehead atoms. The van der Waals surface area contributed by atoms with Crippen LogP contribution in [0.3, 0.4) is 0 Å². The van der Waals surface area contributed by atoms with E-state index in [0.29, 0.717) is 0 Å². The van der Waals surface area contributed by atoms with Gasteiger partial charge in [-0.2, -0.15) is 8.42 Å². The molecule has 66 valence electrons. The Morgan fingerprint density at radius 1 is 1.64 bits per heavy atom. The lowest BCUT2D eigenvalue weighted by Crippen LogP contribution is -2.23. The average molecular weight is 179 g/mol. The van der Waals surface area contributed by atoms with Gasteiger partial charge in [-0.15, -0.1) is 6.58 Å². The van der Waals surface area contributed by atoms with Crippen molar-refractivity contribution < 1.29 is 13.0 Å². The number of rotatable bonds is 5. The van der Waals surface area contributed by atoms with Crippen LogP contribution in [0.2, 0.25) is 0 Å². The van der Waals surface area contributed by atoms with E-state index < -0.39 is 15.4 Å². The molecule has 0 aromatic carbocycles. The first-order valence-corrected chi connectivity index (χ1v) is 4.80. The third-order valence-corrected chi connectivity index (χ3v) is 2.61. The molecule has 0 fully saturated rings. The van der Waals surface area contributed by atoms with E-state index in [1.807, 2.05) is 0 Å². The second kappa shape index (κ2) is 4.48. The first-order chi connectivity index (χ1) is 5.02. The van der Waals surface area contributed by atoms with Crippen molar-refractivity contribution in [1.29, 1.82) is 0 Å². The Morgan fingerprint density at radius 2 is 2.18 bits per heavy atom. The van der Waals surface area contributed by atoms with Crippen LogP contribution in [0, 0.1) is 0 Å². The third-order valence-electron chi connectivity index (χ3n) is 1.34. The van der Waals surface area contributed by atoms with Crippen LogP contribution in [-0.2, 0) is 10.1 Å². The maximum absolute atomic E-state index is 10.6. The molecule has 0 heterocycles. The Bertz CT molecular complexity index is 210. The Balaban J connectivity index is 4.21. The summed E-state index contributed by atoms with van der Waals surface area (Å²) >= 11 is 0. The first kappa shape index (κ1) is 10.6. The van der Waals surface area contributed by atoms with Gasteiger partial charge in [-0.05, 0) is 19.4 Å². The summed E-state index contributed by atoms with van der Waals surface area (Å²) in [5.41, 5.74) is 5.15. The van der Waals surface area contributed by atoms with Gasteiger partial charge in [0.15, 0.2) is 0 Å². The molecule has 0 aliphatic rings. The van der Waals surface area contributed by atoms with Gasteiger partial charge in [0.1, 0.15) is 0 Å². The largest absolute Gasteiger partial charge is 0.330 e. The number of allylic oxidation sites excluding steroid dienone is 1. The van der Waals surface area contributed by atoms with Crippen molar-refractivity contribution in [3.63, 3.8) is 0 Å². The lowest BCUT2D eigenvalue weighted by molar-refractivity contribution is 0.462. The zero-order valence-corrected chi connectivity index (χ0v) is 7.05. The highest BCUT2D eigenvalue weighted by Gasteiger charge is 2.19. The zero-order valence-electron chi connectivity index (χ0n) is 6.23. The van der Waals surface area contributed by atoms with Gasteiger partial charge in [0.25, 0.3) is 10.1 Å². The van der Waals surface area contributed by atoms with Crippen molar-refractivity contribution in [3.05, 3.63) is 12.7 Å². The molecule has 3 N–H and O–H groups in total. The van der Waals surface area contributed by atoms with Gasteiger partial charge >= 0.3 is 0 Å². The van der Waals surface area contributed by atoms with Gasteiger partial charge in [0.05, 0.1) is 5.25 Å². The van der Waals surface area contributed by atoms with E-state index in [4.69, 9.17) is 10.3 Å². The van der Waals surface area contributed by atoms with Crippen molar-refractivity contribution in [2.75, 3.05) is 6.54 Å². The fourth-order valence-electron chi connectivity index (χ4n) is 0.760. The van der Waals surface area contributed by atoms with Crippen LogP contribution in [0.25, 0.3) is 0 Å². The molecule has 1 unspecified atom stereocenters. The van der Waals surface area contributed by atoms with Crippen molar-refractivity contribution in [2.24, 2.45) is 5.73 Å². The molecule has 0 aliphatic heterocycles. The molecule has 0 rings (SSSR count). The van der Waals surface area contributed by atoms with E-state index in [1.54, 1.807) is 0 Å². The molecule has 0 radical (unpaired) electrons. The van der Waals surface area contributed by atoms with Gasteiger partial charge in [0.2, 0.25) is 0 Å². The summed E-state index contributed by atoms with van der Waals surface area (Å²) in [5, 5.41) is -0.787. The molecule has 0 saturated carbocycles. The van der Waals surface area contributed by atoms with Gasteiger partial charge in [-0.3, -0.25) is 4.55 Å². The fourth-order valence-corrected chi connectivity index (χ4v) is 1.57. The number of nitrogens with two attached hydrogens (primary N) is 1. The smallest absolute Gasteiger partial charge is 0.268 e. The van der Waals surface area contributed by atoms with E-state index in [0.717, 1.165) is 0 Å². The molecule has 0 amide bonds. The van der Waals surface area contributed by atoms with E-state index in [-0.39, 0.29) is 19.4 Å². The molecule has 0 saturated heterocycles. The molecule has 11 heavy (non-hydrogen) atoms. The van der Waals surface area contributed by atoms with E-state index in [9.17, 15) is 8.42 Å². The predicted molar refractivity (Wildman–Crippen MR) is 43.8 cm³/mol. The predicted octanol–water partition coefficient (Wildman–Crippen LogP) is 0.168. The summed E-state index contributed by atoms with van der Waals surface area (Å²) in [5.74, 6) is 0. The highest BCUT2D eigenvalue weighted by Crippen LogP contribution is 2.08. The van der Waals surface area contributed by atoms with Crippen molar-refractivity contribution in [1.82, 2.24) is 0 Å². The van der Waals surface area contributed by atoms with Crippen LogP contribution >= 0.6 is 0 Å². The van der Waals surface area contributed by atoms with Crippen LogP contribution in [0.4, 0.5) is 0 Å². The Labute approximate surface area is 66.8 Å². The molecule has 0 aromatic rings. The molecule has 5 heteroatoms. The van der Waals surface area contributed by atoms with E-state index >= 15 is 0 Å². The summed E-state index contributed by atoms with van der Waals surface area (Å²) < 4.78 is 29.7. The minimum Gasteiger partial charge on any atom is -0.330 e. The highest BCUT2D eigenvalue weighted by atomic mass is 32.2. The summed E-state index contributed by atoms with van der Waals surface area (Å²) in [6.07, 6.45) is 1.97. The van der Waals surface area contributed by atoms with Gasteiger partial charge in [-0.1, -0.05) is 6.08 Å². The monoisotopic (exact) mass is 179 g/mol. The summed E-state index contributed by atoms with van der Waals surface area (Å²) in [6, 6.07) is 0. The second-order valence-electron chi connectivity index (χ2n) is 2.24. The van der Waals surface area contributed by atoms with Crippen LogP contribution in [-0.4, -0.2) is 24.8 Å². The molecule has 1 atom stereocenters. The molecule has 4 nitrogen and oxygen atoms in total. The Hall–Kier alpha value is -0.390. The number of hydrogen-bond acceptors (Lipinski definition) is 3. The van der Waals surface area contributed by atoms with E-state index in [1.165, 1.54) is 6.08 Å². The van der Waals surface area contributed by atoms with Gasteiger partial charge < -0.3 is 5.73 Å². The van der Waals surface area contributed by atoms with Crippen LogP contribution in [0.1, 0.15) is 12.8 Å². The maximum Gasteiger partial charge on any atom is 0.268 e. The highest BCUT2D eigenvalue weighted by molar-refractivity contribution is 7.86. The molecular formula is C6H13NO3S. The second-order valence-corrected chi connectivity index (χ2v) is 3.94. The maximum atomic E-state index is 10.6. The summed E-state index contributed by atoms with van der Waals surface area (Å²) in [6.45, 7) is 3.63. The van der Waals surface area contributed by atoms with Crippen molar-refractivity contribution in [2.45, 2.75) is 18.1 Å². The number of hydrogen-bond donors (Lipinski definition) is 2. The van der Waals surface area contributed by atoms with Gasteiger partial charge in [0, 0.05) is 0 Å². The molecule has 0 aromatic heterocycles. The quantitative estimate of drug-likeness (QED) is 0.465. The first-order valence-electron chi connectivity index (χ1n) is 3.29. The Morgan fingerprint density at radius 3 is 2.45 bits per heavy atom. The summed E-state index contributed by atoms with van der Waals surface area (Å²) in [7, 11) is -3.94. The third kappa shape index (κ3) is 4.13. The lowest BCUT2D eigenvalue weighted by atomic mass is 10.2. The molecule has 0 aliphatic carbocycles. The van der Waals surface area contributed by atoms with Crippen LogP contribution in [0.5, 0.6) is 0 Å².